The lowest BCUT2D eigenvalue weighted by molar-refractivity contribution is 0.134. The number of hydrogen-bond acceptors (Lipinski definition) is 3. The van der Waals surface area contributed by atoms with Crippen molar-refractivity contribution in [1.29, 1.82) is 0 Å². The van der Waals surface area contributed by atoms with Gasteiger partial charge in [0, 0.05) is 24.4 Å². The van der Waals surface area contributed by atoms with Crippen molar-refractivity contribution in [2.75, 3.05) is 25.6 Å². The number of benzene rings is 1. The lowest BCUT2D eigenvalue weighted by Gasteiger charge is -2.34. The fourth-order valence-corrected chi connectivity index (χ4v) is 2.37. The van der Waals surface area contributed by atoms with Crippen molar-refractivity contribution in [3.05, 3.63) is 29.3 Å². The Bertz CT molecular complexity index is 364. The Balaban J connectivity index is 2.13. The third-order valence-corrected chi connectivity index (χ3v) is 3.61. The molecule has 1 atom stereocenters. The Morgan fingerprint density at radius 1 is 1.41 bits per heavy atom. The number of rotatable bonds is 6. The summed E-state index contributed by atoms with van der Waals surface area (Å²) < 4.78 is 5.33. The van der Waals surface area contributed by atoms with Gasteiger partial charge < -0.3 is 15.8 Å². The fourth-order valence-electron chi connectivity index (χ4n) is 2.25. The van der Waals surface area contributed by atoms with Gasteiger partial charge in [-0.05, 0) is 43.0 Å². The molecule has 3 N–H and O–H groups in total. The second kappa shape index (κ2) is 5.25. The van der Waals surface area contributed by atoms with Crippen LogP contribution >= 0.6 is 11.6 Å². The van der Waals surface area contributed by atoms with E-state index >= 15 is 0 Å². The minimum Gasteiger partial charge on any atom is -0.382 e. The molecule has 2 rings (SSSR count). The lowest BCUT2D eigenvalue weighted by Crippen LogP contribution is -2.51. The predicted octanol–water partition coefficient (Wildman–Crippen LogP) is 2.51. The van der Waals surface area contributed by atoms with Gasteiger partial charge in [-0.25, -0.2) is 0 Å². The molecular formula is C13H19ClN2O. The van der Waals surface area contributed by atoms with Crippen molar-refractivity contribution >= 4 is 17.3 Å². The normalized spacial score (nSPS) is 18.8. The van der Waals surface area contributed by atoms with Crippen molar-refractivity contribution in [1.82, 2.24) is 0 Å². The first kappa shape index (κ1) is 12.7. The van der Waals surface area contributed by atoms with Crippen LogP contribution in [-0.4, -0.2) is 25.8 Å². The lowest BCUT2D eigenvalue weighted by atomic mass is 9.93. The molecule has 1 saturated carbocycles. The second-order valence-corrected chi connectivity index (χ2v) is 5.14. The number of nitrogens with one attached hydrogen (secondary N) is 1. The summed E-state index contributed by atoms with van der Waals surface area (Å²) in [5, 5.41) is 4.27. The number of nitrogens with two attached hydrogens (primary N) is 1. The molecular weight excluding hydrogens is 236 g/mol. The maximum Gasteiger partial charge on any atom is 0.0756 e. The molecule has 0 spiro atoms. The summed E-state index contributed by atoms with van der Waals surface area (Å²) in [5.74, 6) is 0.614. The average Bonchev–Trinajstić information content (AvgIpc) is 3.16. The van der Waals surface area contributed by atoms with E-state index in [0.29, 0.717) is 19.1 Å². The third-order valence-electron chi connectivity index (χ3n) is 3.36. The van der Waals surface area contributed by atoms with E-state index < -0.39 is 0 Å². The molecule has 0 radical (unpaired) electrons. The molecule has 4 heteroatoms. The zero-order chi connectivity index (χ0) is 12.3. The molecule has 0 aromatic heterocycles. The van der Waals surface area contributed by atoms with Crippen LogP contribution in [-0.2, 0) is 4.74 Å². The number of hydrogen-bond donors (Lipinski definition) is 2. The van der Waals surface area contributed by atoms with Crippen LogP contribution in [0, 0.1) is 5.92 Å². The molecule has 1 aromatic carbocycles. The van der Waals surface area contributed by atoms with Crippen molar-refractivity contribution in [2.45, 2.75) is 18.4 Å². The van der Waals surface area contributed by atoms with Gasteiger partial charge >= 0.3 is 0 Å². The Labute approximate surface area is 107 Å². The van der Waals surface area contributed by atoms with Crippen molar-refractivity contribution in [2.24, 2.45) is 11.7 Å². The van der Waals surface area contributed by atoms with Crippen LogP contribution in [0.3, 0.4) is 0 Å². The Morgan fingerprint density at radius 2 is 2.06 bits per heavy atom. The first-order chi connectivity index (χ1) is 8.20. The maximum atomic E-state index is 5.94. The maximum absolute atomic E-state index is 5.94. The molecule has 1 aromatic rings. The zero-order valence-corrected chi connectivity index (χ0v) is 10.8. The van der Waals surface area contributed by atoms with Gasteiger partial charge in [-0.2, -0.15) is 0 Å². The summed E-state index contributed by atoms with van der Waals surface area (Å²) >= 11 is 5.88. The minimum absolute atomic E-state index is 0.136. The number of anilines is 1. The quantitative estimate of drug-likeness (QED) is 0.820. The third kappa shape index (κ3) is 2.92. The van der Waals surface area contributed by atoms with Crippen LogP contribution < -0.4 is 11.1 Å². The highest BCUT2D eigenvalue weighted by molar-refractivity contribution is 6.30. The summed E-state index contributed by atoms with van der Waals surface area (Å²) in [6.07, 6.45) is 2.45. The molecule has 1 aliphatic carbocycles. The van der Waals surface area contributed by atoms with Crippen LogP contribution in [0.5, 0.6) is 0 Å². The Morgan fingerprint density at radius 3 is 2.53 bits per heavy atom. The fraction of sp³-hybridized carbons (Fsp3) is 0.538. The van der Waals surface area contributed by atoms with E-state index in [1.54, 1.807) is 7.11 Å². The van der Waals surface area contributed by atoms with E-state index in [-0.39, 0.29) is 5.54 Å². The van der Waals surface area contributed by atoms with E-state index in [9.17, 15) is 0 Å². The molecule has 94 valence electrons. The van der Waals surface area contributed by atoms with Crippen molar-refractivity contribution < 1.29 is 4.74 Å². The molecule has 0 amide bonds. The van der Waals surface area contributed by atoms with E-state index in [0.717, 1.165) is 10.7 Å². The van der Waals surface area contributed by atoms with Crippen molar-refractivity contribution in [3.63, 3.8) is 0 Å². The van der Waals surface area contributed by atoms with Gasteiger partial charge in [-0.15, -0.1) is 0 Å². The van der Waals surface area contributed by atoms with Crippen LogP contribution in [0.4, 0.5) is 5.69 Å². The van der Waals surface area contributed by atoms with Crippen LogP contribution in [0.1, 0.15) is 12.8 Å². The zero-order valence-electron chi connectivity index (χ0n) is 10.1. The summed E-state index contributed by atoms with van der Waals surface area (Å²) in [7, 11) is 1.72. The van der Waals surface area contributed by atoms with Crippen LogP contribution in [0.15, 0.2) is 24.3 Å². The summed E-state index contributed by atoms with van der Waals surface area (Å²) in [6, 6.07) is 7.71. The van der Waals surface area contributed by atoms with E-state index in [1.807, 2.05) is 24.3 Å². The average molecular weight is 255 g/mol. The molecule has 17 heavy (non-hydrogen) atoms. The molecule has 1 aliphatic rings. The second-order valence-electron chi connectivity index (χ2n) is 4.70. The van der Waals surface area contributed by atoms with Gasteiger partial charge in [0.25, 0.3) is 0 Å². The molecule has 0 heterocycles. The van der Waals surface area contributed by atoms with E-state index in [4.69, 9.17) is 22.1 Å². The first-order valence-corrected chi connectivity index (χ1v) is 6.31. The standard InChI is InChI=1S/C13H19ClN2O/c1-17-9-13(8-15,10-2-3-10)16-12-6-4-11(14)5-7-12/h4-7,10,16H,2-3,8-9,15H2,1H3. The van der Waals surface area contributed by atoms with Gasteiger partial charge in [-0.1, -0.05) is 11.6 Å². The summed E-state index contributed by atoms with van der Waals surface area (Å²) in [5.41, 5.74) is 6.85. The van der Waals surface area contributed by atoms with Crippen LogP contribution in [0.2, 0.25) is 5.02 Å². The monoisotopic (exact) mass is 254 g/mol. The van der Waals surface area contributed by atoms with E-state index in [2.05, 4.69) is 5.32 Å². The topological polar surface area (TPSA) is 47.3 Å². The number of halogens is 1. The predicted molar refractivity (Wildman–Crippen MR) is 71.5 cm³/mol. The van der Waals surface area contributed by atoms with Gasteiger partial charge in [0.1, 0.15) is 0 Å². The SMILES string of the molecule is COCC(CN)(Nc1ccc(Cl)cc1)C1CC1. The molecule has 3 nitrogen and oxygen atoms in total. The molecule has 0 bridgehead atoms. The summed E-state index contributed by atoms with van der Waals surface area (Å²) in [4.78, 5) is 0. The minimum atomic E-state index is -0.136. The highest BCUT2D eigenvalue weighted by Gasteiger charge is 2.44. The number of ether oxygens (including phenoxy) is 1. The molecule has 0 saturated heterocycles. The largest absolute Gasteiger partial charge is 0.382 e. The molecule has 1 fully saturated rings. The van der Waals surface area contributed by atoms with Gasteiger partial charge in [0.15, 0.2) is 0 Å². The first-order valence-electron chi connectivity index (χ1n) is 5.93. The van der Waals surface area contributed by atoms with Gasteiger partial charge in [0.05, 0.1) is 12.1 Å². The Kier molecular flexibility index (Phi) is 3.92. The summed E-state index contributed by atoms with van der Waals surface area (Å²) in [6.45, 7) is 1.21. The van der Waals surface area contributed by atoms with Gasteiger partial charge in [0.2, 0.25) is 0 Å². The molecule has 0 aliphatic heterocycles. The smallest absolute Gasteiger partial charge is 0.0756 e. The van der Waals surface area contributed by atoms with Crippen LogP contribution in [0.25, 0.3) is 0 Å². The highest BCUT2D eigenvalue weighted by atomic mass is 35.5. The van der Waals surface area contributed by atoms with Gasteiger partial charge in [-0.3, -0.25) is 0 Å². The van der Waals surface area contributed by atoms with E-state index in [1.165, 1.54) is 12.8 Å². The van der Waals surface area contributed by atoms with Crippen molar-refractivity contribution in [3.8, 4) is 0 Å². The number of methoxy groups -OCH3 is 1. The Hall–Kier alpha value is -0.770. The molecule has 1 unspecified atom stereocenters. The highest BCUT2D eigenvalue weighted by Crippen LogP contribution is 2.41.